The summed E-state index contributed by atoms with van der Waals surface area (Å²) in [6.45, 7) is 5.43. The van der Waals surface area contributed by atoms with Gasteiger partial charge in [-0.05, 0) is 35.4 Å². The molecule has 1 heterocycles. The first kappa shape index (κ1) is 8.93. The molecule has 1 saturated heterocycles. The van der Waals surface area contributed by atoms with E-state index in [9.17, 15) is 0 Å². The molecule has 0 saturated carbocycles. The van der Waals surface area contributed by atoms with E-state index in [0.29, 0.717) is 0 Å². The summed E-state index contributed by atoms with van der Waals surface area (Å²) in [6.07, 6.45) is 0. The molecule has 1 fully saturated rings. The van der Waals surface area contributed by atoms with E-state index in [0.717, 1.165) is 13.2 Å². The van der Waals surface area contributed by atoms with Crippen LogP contribution in [0.5, 0.6) is 0 Å². The minimum atomic E-state index is -0.323. The van der Waals surface area contributed by atoms with Gasteiger partial charge < -0.3 is 0 Å². The van der Waals surface area contributed by atoms with Gasteiger partial charge in [0.15, 0.2) is 0 Å². The Morgan fingerprint density at radius 3 is 2.00 bits per heavy atom. The highest BCUT2D eigenvalue weighted by atomic mass is 33.2. The number of hydrogen-bond acceptors (Lipinski definition) is 4. The Balaban J connectivity index is 2.36. The molecule has 1 aliphatic rings. The van der Waals surface area contributed by atoms with E-state index in [1.165, 1.54) is 3.53 Å². The zero-order valence-corrected chi connectivity index (χ0v) is 8.40. The van der Waals surface area contributed by atoms with Crippen LogP contribution in [-0.2, 0) is 8.37 Å². The summed E-state index contributed by atoms with van der Waals surface area (Å²) in [4.78, 5) is 0. The van der Waals surface area contributed by atoms with E-state index < -0.39 is 0 Å². The lowest BCUT2D eigenvalue weighted by atomic mass is 10.9. The standard InChI is InChI=1S/C5H10O2S3/c1-3-6-10(7-4-2)5-8-9-5/h3-4H2,1-2H3. The highest BCUT2D eigenvalue weighted by Crippen LogP contribution is 2.53. The number of hydrogen-bond donors (Lipinski definition) is 0. The Bertz CT molecular complexity index is 132. The van der Waals surface area contributed by atoms with Crippen LogP contribution < -0.4 is 0 Å². The minimum absolute atomic E-state index is 0.323. The molecule has 0 radical (unpaired) electrons. The van der Waals surface area contributed by atoms with E-state index in [4.69, 9.17) is 8.37 Å². The third kappa shape index (κ3) is 2.84. The van der Waals surface area contributed by atoms with Gasteiger partial charge in [0.2, 0.25) is 0 Å². The van der Waals surface area contributed by atoms with Crippen LogP contribution >= 0.6 is 32.6 Å². The molecule has 1 rings (SSSR count). The fourth-order valence-corrected chi connectivity index (χ4v) is 3.57. The van der Waals surface area contributed by atoms with Crippen LogP contribution in [0, 0.1) is 0 Å². The van der Waals surface area contributed by atoms with Crippen molar-refractivity contribution in [2.75, 3.05) is 13.2 Å². The van der Waals surface area contributed by atoms with Crippen molar-refractivity contribution in [1.29, 1.82) is 0 Å². The van der Waals surface area contributed by atoms with E-state index in [2.05, 4.69) is 0 Å². The molecule has 1 aliphatic heterocycles. The second-order valence-corrected chi connectivity index (χ2v) is 5.74. The maximum absolute atomic E-state index is 5.33. The van der Waals surface area contributed by atoms with Crippen LogP contribution in [0.15, 0.2) is 0 Å². The monoisotopic (exact) mass is 198 g/mol. The molecule has 60 valence electrons. The normalized spacial score (nSPS) is 16.5. The molecule has 0 bridgehead atoms. The molecule has 0 N–H and O–H groups in total. The van der Waals surface area contributed by atoms with Gasteiger partial charge in [0.25, 0.3) is 0 Å². The molecule has 0 atom stereocenters. The summed E-state index contributed by atoms with van der Waals surface area (Å²) in [6, 6.07) is 0. The summed E-state index contributed by atoms with van der Waals surface area (Å²) < 4.78 is 11.9. The minimum Gasteiger partial charge on any atom is -0.298 e. The Hall–Kier alpha value is 0.840. The van der Waals surface area contributed by atoms with Gasteiger partial charge in [-0.2, -0.15) is 0 Å². The van der Waals surface area contributed by atoms with Crippen molar-refractivity contribution < 1.29 is 8.37 Å². The highest BCUT2D eigenvalue weighted by Gasteiger charge is 2.22. The molecule has 5 heteroatoms. The molecule has 0 aromatic carbocycles. The Labute approximate surface area is 71.8 Å². The fraction of sp³-hybridized carbons (Fsp3) is 0.800. The van der Waals surface area contributed by atoms with Gasteiger partial charge in [-0.3, -0.25) is 8.37 Å². The largest absolute Gasteiger partial charge is 0.298 e. The highest BCUT2D eigenvalue weighted by molar-refractivity contribution is 9.13. The van der Waals surface area contributed by atoms with Crippen molar-refractivity contribution >= 4 is 36.2 Å². The van der Waals surface area contributed by atoms with Gasteiger partial charge in [-0.15, -0.1) is 0 Å². The van der Waals surface area contributed by atoms with Gasteiger partial charge in [0.05, 0.1) is 24.3 Å². The van der Waals surface area contributed by atoms with E-state index in [1.54, 1.807) is 21.6 Å². The topological polar surface area (TPSA) is 18.5 Å². The Kier molecular flexibility index (Phi) is 4.17. The first-order chi connectivity index (χ1) is 4.88. The van der Waals surface area contributed by atoms with Crippen molar-refractivity contribution in [3.63, 3.8) is 0 Å². The fourth-order valence-electron chi connectivity index (χ4n) is 0.417. The molecule has 10 heavy (non-hydrogen) atoms. The van der Waals surface area contributed by atoms with Crippen LogP contribution in [0.1, 0.15) is 13.8 Å². The summed E-state index contributed by atoms with van der Waals surface area (Å²) in [5.74, 6) is 0. The van der Waals surface area contributed by atoms with Crippen molar-refractivity contribution in [2.45, 2.75) is 13.8 Å². The Morgan fingerprint density at radius 1 is 1.20 bits per heavy atom. The van der Waals surface area contributed by atoms with E-state index in [1.807, 2.05) is 13.8 Å². The van der Waals surface area contributed by atoms with E-state index in [-0.39, 0.29) is 11.0 Å². The molecule has 2 nitrogen and oxygen atoms in total. The van der Waals surface area contributed by atoms with Gasteiger partial charge in [-0.25, -0.2) is 0 Å². The summed E-state index contributed by atoms with van der Waals surface area (Å²) in [7, 11) is 3.50. The lowest BCUT2D eigenvalue weighted by Crippen LogP contribution is -1.88. The van der Waals surface area contributed by atoms with E-state index >= 15 is 0 Å². The maximum atomic E-state index is 5.33. The molecule has 0 spiro atoms. The average molecular weight is 198 g/mol. The summed E-state index contributed by atoms with van der Waals surface area (Å²) >= 11 is -0.323. The van der Waals surface area contributed by atoms with Crippen LogP contribution in [-0.4, -0.2) is 16.7 Å². The van der Waals surface area contributed by atoms with Crippen LogP contribution in [0.25, 0.3) is 0 Å². The molecule has 0 amide bonds. The van der Waals surface area contributed by atoms with Crippen molar-refractivity contribution in [3.8, 4) is 0 Å². The van der Waals surface area contributed by atoms with Gasteiger partial charge in [0, 0.05) is 0 Å². The second kappa shape index (κ2) is 4.66. The third-order valence-corrected chi connectivity index (χ3v) is 5.16. The molecular formula is C5H10O2S3. The quantitative estimate of drug-likeness (QED) is 0.392. The first-order valence-electron chi connectivity index (χ1n) is 3.10. The summed E-state index contributed by atoms with van der Waals surface area (Å²) in [5.41, 5.74) is 0. The molecule has 0 aromatic heterocycles. The Morgan fingerprint density at radius 2 is 1.70 bits per heavy atom. The van der Waals surface area contributed by atoms with Crippen molar-refractivity contribution in [3.05, 3.63) is 0 Å². The molecule has 0 aliphatic carbocycles. The number of rotatable bonds is 4. The molecule has 0 aromatic rings. The smallest absolute Gasteiger partial charge is 0.138 e. The van der Waals surface area contributed by atoms with Crippen LogP contribution in [0.2, 0.25) is 0 Å². The third-order valence-electron chi connectivity index (χ3n) is 0.737. The zero-order chi connectivity index (χ0) is 7.40. The predicted molar refractivity (Wildman–Crippen MR) is 51.0 cm³/mol. The second-order valence-electron chi connectivity index (χ2n) is 1.46. The van der Waals surface area contributed by atoms with Crippen molar-refractivity contribution in [1.82, 2.24) is 0 Å². The SMILES string of the molecule is CCOS(OCC)=C1SS1. The lowest BCUT2D eigenvalue weighted by Gasteiger charge is -2.03. The van der Waals surface area contributed by atoms with Crippen LogP contribution in [0.3, 0.4) is 0 Å². The zero-order valence-electron chi connectivity index (χ0n) is 5.96. The molecular weight excluding hydrogens is 188 g/mol. The van der Waals surface area contributed by atoms with Gasteiger partial charge in [-0.1, -0.05) is 0 Å². The average Bonchev–Trinajstić information content (AvgIpc) is 2.69. The first-order valence-corrected chi connectivity index (χ1v) is 6.33. The maximum Gasteiger partial charge on any atom is 0.138 e. The van der Waals surface area contributed by atoms with Gasteiger partial charge in [0.1, 0.15) is 3.53 Å². The van der Waals surface area contributed by atoms with Gasteiger partial charge >= 0.3 is 0 Å². The van der Waals surface area contributed by atoms with Crippen LogP contribution in [0.4, 0.5) is 0 Å². The summed E-state index contributed by atoms with van der Waals surface area (Å²) in [5, 5.41) is 0. The lowest BCUT2D eigenvalue weighted by molar-refractivity contribution is 0.305. The van der Waals surface area contributed by atoms with Crippen molar-refractivity contribution in [2.24, 2.45) is 0 Å². The molecule has 0 unspecified atom stereocenters. The predicted octanol–water partition coefficient (Wildman–Crippen LogP) is 2.64.